The zero-order valence-electron chi connectivity index (χ0n) is 15.2. The van der Waals surface area contributed by atoms with Crippen LogP contribution in [0.2, 0.25) is 0 Å². The van der Waals surface area contributed by atoms with Crippen molar-refractivity contribution in [2.45, 2.75) is 44.6 Å². The number of hydrogen-bond donors (Lipinski definition) is 2. The number of hydrogen-bond acceptors (Lipinski definition) is 3. The van der Waals surface area contributed by atoms with E-state index in [1.54, 1.807) is 48.5 Å². The first kappa shape index (κ1) is 18.7. The van der Waals surface area contributed by atoms with Crippen molar-refractivity contribution in [3.8, 4) is 6.07 Å². The van der Waals surface area contributed by atoms with Gasteiger partial charge in [0.1, 0.15) is 0 Å². The van der Waals surface area contributed by atoms with Crippen molar-refractivity contribution in [3.63, 3.8) is 0 Å². The second kappa shape index (κ2) is 9.00. The minimum atomic E-state index is -0.288. The molecule has 2 aromatic rings. The van der Waals surface area contributed by atoms with Crippen LogP contribution in [-0.4, -0.2) is 17.9 Å². The van der Waals surface area contributed by atoms with E-state index in [1.165, 1.54) is 12.8 Å². The van der Waals surface area contributed by atoms with Crippen molar-refractivity contribution in [2.24, 2.45) is 0 Å². The third-order valence-corrected chi connectivity index (χ3v) is 4.85. The van der Waals surface area contributed by atoms with Crippen molar-refractivity contribution >= 4 is 17.5 Å². The van der Waals surface area contributed by atoms with E-state index >= 15 is 0 Å². The summed E-state index contributed by atoms with van der Waals surface area (Å²) in [7, 11) is 0. The molecule has 0 spiro atoms. The maximum atomic E-state index is 12.6. The Morgan fingerprint density at radius 2 is 1.52 bits per heavy atom. The summed E-state index contributed by atoms with van der Waals surface area (Å²) >= 11 is 0. The second-order valence-electron chi connectivity index (χ2n) is 6.89. The zero-order chi connectivity index (χ0) is 19.1. The molecule has 0 heterocycles. The van der Waals surface area contributed by atoms with Crippen LogP contribution in [-0.2, 0) is 0 Å². The molecule has 0 aromatic heterocycles. The Morgan fingerprint density at radius 1 is 0.889 bits per heavy atom. The number of anilines is 1. The molecule has 1 aliphatic rings. The molecule has 2 amide bonds. The number of amides is 2. The van der Waals surface area contributed by atoms with E-state index in [4.69, 9.17) is 5.26 Å². The largest absolute Gasteiger partial charge is 0.349 e. The molecule has 2 N–H and O–H groups in total. The Hall–Kier alpha value is -3.13. The van der Waals surface area contributed by atoms with Gasteiger partial charge in [-0.15, -0.1) is 0 Å². The number of nitriles is 1. The van der Waals surface area contributed by atoms with Crippen LogP contribution in [0, 0.1) is 11.3 Å². The summed E-state index contributed by atoms with van der Waals surface area (Å²) in [6, 6.07) is 15.6. The van der Waals surface area contributed by atoms with Gasteiger partial charge in [0.15, 0.2) is 0 Å². The lowest BCUT2D eigenvalue weighted by Gasteiger charge is -2.16. The minimum absolute atomic E-state index is 0.130. The van der Waals surface area contributed by atoms with E-state index in [2.05, 4.69) is 10.6 Å². The van der Waals surface area contributed by atoms with E-state index in [-0.39, 0.29) is 17.9 Å². The molecule has 2 aromatic carbocycles. The average molecular weight is 361 g/mol. The zero-order valence-corrected chi connectivity index (χ0v) is 15.2. The number of carbonyl (C=O) groups is 2. The lowest BCUT2D eigenvalue weighted by molar-refractivity contribution is 0.0933. The van der Waals surface area contributed by atoms with Gasteiger partial charge in [-0.1, -0.05) is 31.7 Å². The molecule has 1 aliphatic carbocycles. The molecule has 27 heavy (non-hydrogen) atoms. The van der Waals surface area contributed by atoms with E-state index in [9.17, 15) is 9.59 Å². The molecule has 0 radical (unpaired) electrons. The molecule has 5 heteroatoms. The highest BCUT2D eigenvalue weighted by Crippen LogP contribution is 2.18. The van der Waals surface area contributed by atoms with Crippen molar-refractivity contribution < 1.29 is 9.59 Å². The van der Waals surface area contributed by atoms with Gasteiger partial charge in [-0.05, 0) is 55.3 Å². The first-order chi connectivity index (χ1) is 13.2. The first-order valence-corrected chi connectivity index (χ1v) is 9.38. The maximum absolute atomic E-state index is 12.6. The predicted octanol–water partition coefficient (Wildman–Crippen LogP) is 4.26. The van der Waals surface area contributed by atoms with Crippen LogP contribution < -0.4 is 10.6 Å². The van der Waals surface area contributed by atoms with Crippen molar-refractivity contribution in [3.05, 3.63) is 65.2 Å². The fourth-order valence-corrected chi connectivity index (χ4v) is 3.33. The van der Waals surface area contributed by atoms with Crippen molar-refractivity contribution in [2.75, 3.05) is 5.32 Å². The van der Waals surface area contributed by atoms with Gasteiger partial charge in [0.2, 0.25) is 0 Å². The number of nitrogens with one attached hydrogen (secondary N) is 2. The third kappa shape index (κ3) is 5.18. The van der Waals surface area contributed by atoms with Crippen LogP contribution in [0.25, 0.3) is 0 Å². The number of rotatable bonds is 4. The molecule has 0 atom stereocenters. The summed E-state index contributed by atoms with van der Waals surface area (Å²) in [4.78, 5) is 25.0. The lowest BCUT2D eigenvalue weighted by Crippen LogP contribution is -2.34. The molecule has 5 nitrogen and oxygen atoms in total. The topological polar surface area (TPSA) is 82.0 Å². The van der Waals surface area contributed by atoms with Crippen LogP contribution in [0.1, 0.15) is 64.8 Å². The molecule has 0 bridgehead atoms. The highest BCUT2D eigenvalue weighted by Gasteiger charge is 2.17. The molecule has 0 saturated heterocycles. The van der Waals surface area contributed by atoms with Crippen molar-refractivity contribution in [1.29, 1.82) is 5.26 Å². The Balaban J connectivity index is 1.65. The minimum Gasteiger partial charge on any atom is -0.349 e. The number of nitrogens with zero attached hydrogens (tertiary/aromatic N) is 1. The molecular formula is C22H23N3O2. The average Bonchev–Trinajstić information content (AvgIpc) is 2.97. The molecular weight excluding hydrogens is 338 g/mol. The van der Waals surface area contributed by atoms with E-state index < -0.39 is 0 Å². The molecule has 0 unspecified atom stereocenters. The van der Waals surface area contributed by atoms with Crippen LogP contribution >= 0.6 is 0 Å². The van der Waals surface area contributed by atoms with Crippen LogP contribution in [0.4, 0.5) is 5.69 Å². The van der Waals surface area contributed by atoms with Gasteiger partial charge in [0.05, 0.1) is 11.6 Å². The summed E-state index contributed by atoms with van der Waals surface area (Å²) in [5.74, 6) is -0.418. The summed E-state index contributed by atoms with van der Waals surface area (Å²) in [6.45, 7) is 0. The maximum Gasteiger partial charge on any atom is 0.255 e. The Bertz CT molecular complexity index is 845. The monoisotopic (exact) mass is 361 g/mol. The standard InChI is InChI=1S/C22H23N3O2/c23-15-16-10-12-20(13-11-16)25-22(27)18-7-5-6-17(14-18)21(26)24-19-8-3-1-2-4-9-19/h5-7,10-14,19H,1-4,8-9H2,(H,24,26)(H,25,27). The highest BCUT2D eigenvalue weighted by atomic mass is 16.2. The quantitative estimate of drug-likeness (QED) is 0.798. The molecule has 138 valence electrons. The Labute approximate surface area is 159 Å². The third-order valence-electron chi connectivity index (χ3n) is 4.85. The smallest absolute Gasteiger partial charge is 0.255 e. The lowest BCUT2D eigenvalue weighted by atomic mass is 10.1. The Morgan fingerprint density at radius 3 is 2.15 bits per heavy atom. The van der Waals surface area contributed by atoms with E-state index in [1.807, 2.05) is 6.07 Å². The van der Waals surface area contributed by atoms with Gasteiger partial charge in [0, 0.05) is 22.9 Å². The SMILES string of the molecule is N#Cc1ccc(NC(=O)c2cccc(C(=O)NC3CCCCCC3)c2)cc1. The van der Waals surface area contributed by atoms with Crippen LogP contribution in [0.3, 0.4) is 0 Å². The normalized spacial score (nSPS) is 14.6. The molecule has 3 rings (SSSR count). The summed E-state index contributed by atoms with van der Waals surface area (Å²) in [5.41, 5.74) is 2.05. The van der Waals surface area contributed by atoms with Gasteiger partial charge in [0.25, 0.3) is 11.8 Å². The van der Waals surface area contributed by atoms with Gasteiger partial charge in [-0.25, -0.2) is 0 Å². The molecule has 1 saturated carbocycles. The summed E-state index contributed by atoms with van der Waals surface area (Å²) < 4.78 is 0. The number of benzene rings is 2. The van der Waals surface area contributed by atoms with Gasteiger partial charge >= 0.3 is 0 Å². The molecule has 1 fully saturated rings. The van der Waals surface area contributed by atoms with Gasteiger partial charge < -0.3 is 10.6 Å². The summed E-state index contributed by atoms with van der Waals surface area (Å²) in [6.07, 6.45) is 6.81. The second-order valence-corrected chi connectivity index (χ2v) is 6.89. The summed E-state index contributed by atoms with van der Waals surface area (Å²) in [5, 5.41) is 14.7. The van der Waals surface area contributed by atoms with E-state index in [0.717, 1.165) is 25.7 Å². The van der Waals surface area contributed by atoms with Crippen LogP contribution in [0.5, 0.6) is 0 Å². The number of carbonyl (C=O) groups excluding carboxylic acids is 2. The predicted molar refractivity (Wildman–Crippen MR) is 105 cm³/mol. The van der Waals surface area contributed by atoms with Gasteiger partial charge in [-0.3, -0.25) is 9.59 Å². The van der Waals surface area contributed by atoms with Crippen molar-refractivity contribution in [1.82, 2.24) is 5.32 Å². The molecule has 0 aliphatic heterocycles. The van der Waals surface area contributed by atoms with Gasteiger partial charge in [-0.2, -0.15) is 5.26 Å². The van der Waals surface area contributed by atoms with E-state index in [0.29, 0.717) is 22.4 Å². The first-order valence-electron chi connectivity index (χ1n) is 9.38. The fraction of sp³-hybridized carbons (Fsp3) is 0.318. The fourth-order valence-electron chi connectivity index (χ4n) is 3.33. The highest BCUT2D eigenvalue weighted by molar-refractivity contribution is 6.06. The van der Waals surface area contributed by atoms with Crippen LogP contribution in [0.15, 0.2) is 48.5 Å². The Kier molecular flexibility index (Phi) is 6.22.